The van der Waals surface area contributed by atoms with E-state index < -0.39 is 12.0 Å². The number of benzene rings is 2. The SMILES string of the molecule is CCc1ccc(C(Nc2ccccc2Cl)C(=O)O)cc1. The van der Waals surface area contributed by atoms with Crippen molar-refractivity contribution < 1.29 is 9.90 Å². The number of aryl methyl sites for hydroxylation is 1. The van der Waals surface area contributed by atoms with Crippen LogP contribution in [0.5, 0.6) is 0 Å². The van der Waals surface area contributed by atoms with Crippen molar-refractivity contribution in [1.82, 2.24) is 0 Å². The highest BCUT2D eigenvalue weighted by Crippen LogP contribution is 2.26. The lowest BCUT2D eigenvalue weighted by atomic mass is 10.0. The number of hydrogen-bond donors (Lipinski definition) is 2. The van der Waals surface area contributed by atoms with Gasteiger partial charge in [-0.3, -0.25) is 0 Å². The molecule has 0 aliphatic rings. The molecule has 4 heteroatoms. The number of carboxylic acids is 1. The van der Waals surface area contributed by atoms with Crippen LogP contribution in [0.15, 0.2) is 48.5 Å². The second-order valence-electron chi connectivity index (χ2n) is 4.49. The summed E-state index contributed by atoms with van der Waals surface area (Å²) in [5.41, 5.74) is 2.49. The summed E-state index contributed by atoms with van der Waals surface area (Å²) in [7, 11) is 0. The second-order valence-corrected chi connectivity index (χ2v) is 4.90. The van der Waals surface area contributed by atoms with E-state index in [0.29, 0.717) is 16.3 Å². The summed E-state index contributed by atoms with van der Waals surface area (Å²) in [5, 5.41) is 12.9. The molecular formula is C16H16ClNO2. The fourth-order valence-electron chi connectivity index (χ4n) is 1.97. The quantitative estimate of drug-likeness (QED) is 0.870. The zero-order chi connectivity index (χ0) is 14.5. The monoisotopic (exact) mass is 289 g/mol. The number of anilines is 1. The number of para-hydroxylation sites is 1. The Labute approximate surface area is 123 Å². The molecule has 0 amide bonds. The minimum Gasteiger partial charge on any atom is -0.479 e. The van der Waals surface area contributed by atoms with Gasteiger partial charge >= 0.3 is 5.97 Å². The van der Waals surface area contributed by atoms with Crippen molar-refractivity contribution in [1.29, 1.82) is 0 Å². The first-order valence-electron chi connectivity index (χ1n) is 6.44. The van der Waals surface area contributed by atoms with Crippen LogP contribution in [0.1, 0.15) is 24.1 Å². The highest BCUT2D eigenvalue weighted by Gasteiger charge is 2.20. The summed E-state index contributed by atoms with van der Waals surface area (Å²) in [6.45, 7) is 2.06. The fourth-order valence-corrected chi connectivity index (χ4v) is 2.16. The lowest BCUT2D eigenvalue weighted by molar-refractivity contribution is -0.138. The predicted molar refractivity (Wildman–Crippen MR) is 81.3 cm³/mol. The molecule has 0 bridgehead atoms. The van der Waals surface area contributed by atoms with Crippen LogP contribution in [0, 0.1) is 0 Å². The predicted octanol–water partition coefficient (Wildman–Crippen LogP) is 4.14. The molecule has 0 aliphatic heterocycles. The van der Waals surface area contributed by atoms with E-state index >= 15 is 0 Å². The zero-order valence-electron chi connectivity index (χ0n) is 11.1. The molecule has 0 heterocycles. The standard InChI is InChI=1S/C16H16ClNO2/c1-2-11-7-9-12(10-8-11)15(16(19)20)18-14-6-4-3-5-13(14)17/h3-10,15,18H,2H2,1H3,(H,19,20). The van der Waals surface area contributed by atoms with Crippen molar-refractivity contribution in [3.05, 3.63) is 64.7 Å². The van der Waals surface area contributed by atoms with Gasteiger partial charge in [0, 0.05) is 0 Å². The molecule has 2 aromatic rings. The maximum Gasteiger partial charge on any atom is 0.330 e. The summed E-state index contributed by atoms with van der Waals surface area (Å²) in [4.78, 5) is 11.5. The largest absolute Gasteiger partial charge is 0.479 e. The van der Waals surface area contributed by atoms with Crippen LogP contribution >= 0.6 is 11.6 Å². The molecule has 0 radical (unpaired) electrons. The third-order valence-electron chi connectivity index (χ3n) is 3.14. The van der Waals surface area contributed by atoms with Gasteiger partial charge in [0.15, 0.2) is 6.04 Å². The van der Waals surface area contributed by atoms with E-state index in [9.17, 15) is 9.90 Å². The van der Waals surface area contributed by atoms with E-state index in [-0.39, 0.29) is 0 Å². The van der Waals surface area contributed by atoms with Gasteiger partial charge < -0.3 is 10.4 Å². The fraction of sp³-hybridized carbons (Fsp3) is 0.188. The number of hydrogen-bond acceptors (Lipinski definition) is 2. The smallest absolute Gasteiger partial charge is 0.330 e. The van der Waals surface area contributed by atoms with Crippen LogP contribution in [-0.2, 0) is 11.2 Å². The first kappa shape index (κ1) is 14.4. The molecule has 0 fully saturated rings. The lowest BCUT2D eigenvalue weighted by Gasteiger charge is -2.17. The zero-order valence-corrected chi connectivity index (χ0v) is 11.9. The number of carboxylic acid groups (broad SMARTS) is 1. The molecule has 2 aromatic carbocycles. The Bertz CT molecular complexity index is 596. The molecule has 1 atom stereocenters. The first-order chi connectivity index (χ1) is 9.61. The van der Waals surface area contributed by atoms with E-state index in [2.05, 4.69) is 12.2 Å². The highest BCUT2D eigenvalue weighted by molar-refractivity contribution is 6.33. The minimum atomic E-state index is -0.936. The summed E-state index contributed by atoms with van der Waals surface area (Å²) in [6, 6.07) is 13.8. The molecule has 20 heavy (non-hydrogen) atoms. The van der Waals surface area contributed by atoms with Gasteiger partial charge in [-0.2, -0.15) is 0 Å². The molecule has 0 aromatic heterocycles. The Balaban J connectivity index is 2.27. The van der Waals surface area contributed by atoms with Gasteiger partial charge in [-0.05, 0) is 29.7 Å². The van der Waals surface area contributed by atoms with E-state index in [0.717, 1.165) is 6.42 Å². The van der Waals surface area contributed by atoms with Crippen molar-refractivity contribution in [3.8, 4) is 0 Å². The molecule has 1 unspecified atom stereocenters. The molecule has 0 saturated heterocycles. The van der Waals surface area contributed by atoms with E-state index in [1.54, 1.807) is 18.2 Å². The van der Waals surface area contributed by atoms with E-state index in [4.69, 9.17) is 11.6 Å². The summed E-state index contributed by atoms with van der Waals surface area (Å²) in [5.74, 6) is -0.936. The van der Waals surface area contributed by atoms with Gasteiger partial charge in [0.05, 0.1) is 10.7 Å². The van der Waals surface area contributed by atoms with Gasteiger partial charge in [0.1, 0.15) is 0 Å². The topological polar surface area (TPSA) is 49.3 Å². The van der Waals surface area contributed by atoms with Crippen molar-refractivity contribution >= 4 is 23.3 Å². The number of rotatable bonds is 5. The maximum absolute atomic E-state index is 11.5. The molecule has 3 nitrogen and oxygen atoms in total. The number of nitrogens with one attached hydrogen (secondary N) is 1. The molecule has 2 rings (SSSR count). The van der Waals surface area contributed by atoms with Gasteiger partial charge in [0.2, 0.25) is 0 Å². The van der Waals surface area contributed by atoms with Gasteiger partial charge in [0.25, 0.3) is 0 Å². The second kappa shape index (κ2) is 6.44. The van der Waals surface area contributed by atoms with Crippen LogP contribution in [0.3, 0.4) is 0 Å². The van der Waals surface area contributed by atoms with Crippen molar-refractivity contribution in [2.45, 2.75) is 19.4 Å². The first-order valence-corrected chi connectivity index (χ1v) is 6.82. The lowest BCUT2D eigenvalue weighted by Crippen LogP contribution is -2.20. The summed E-state index contributed by atoms with van der Waals surface area (Å²) < 4.78 is 0. The molecule has 0 saturated carbocycles. The van der Waals surface area contributed by atoms with E-state index in [1.165, 1.54) is 5.56 Å². The van der Waals surface area contributed by atoms with E-state index in [1.807, 2.05) is 30.3 Å². The van der Waals surface area contributed by atoms with Crippen LogP contribution in [-0.4, -0.2) is 11.1 Å². The normalized spacial score (nSPS) is 11.9. The Morgan fingerprint density at radius 1 is 1.20 bits per heavy atom. The highest BCUT2D eigenvalue weighted by atomic mass is 35.5. The van der Waals surface area contributed by atoms with Crippen molar-refractivity contribution in [3.63, 3.8) is 0 Å². The minimum absolute atomic E-state index is 0.504. The molecular weight excluding hydrogens is 274 g/mol. The van der Waals surface area contributed by atoms with Crippen LogP contribution in [0.2, 0.25) is 5.02 Å². The molecule has 0 aliphatic carbocycles. The van der Waals surface area contributed by atoms with Gasteiger partial charge in [-0.25, -0.2) is 4.79 Å². The van der Waals surface area contributed by atoms with Gasteiger partial charge in [-0.1, -0.05) is 54.9 Å². The van der Waals surface area contributed by atoms with Crippen molar-refractivity contribution in [2.24, 2.45) is 0 Å². The Morgan fingerprint density at radius 2 is 1.85 bits per heavy atom. The number of halogens is 1. The molecule has 0 spiro atoms. The Morgan fingerprint density at radius 3 is 2.40 bits per heavy atom. The summed E-state index contributed by atoms with van der Waals surface area (Å²) >= 11 is 6.05. The number of aliphatic carboxylic acids is 1. The van der Waals surface area contributed by atoms with Crippen LogP contribution in [0.25, 0.3) is 0 Å². The third-order valence-corrected chi connectivity index (χ3v) is 3.47. The average molecular weight is 290 g/mol. The third kappa shape index (κ3) is 3.31. The average Bonchev–Trinajstić information content (AvgIpc) is 2.46. The maximum atomic E-state index is 11.5. The Kier molecular flexibility index (Phi) is 4.64. The molecule has 104 valence electrons. The van der Waals surface area contributed by atoms with Gasteiger partial charge in [-0.15, -0.1) is 0 Å². The van der Waals surface area contributed by atoms with Crippen LogP contribution in [0.4, 0.5) is 5.69 Å². The molecule has 2 N–H and O–H groups in total. The number of carbonyl (C=O) groups is 1. The van der Waals surface area contributed by atoms with Crippen LogP contribution < -0.4 is 5.32 Å². The van der Waals surface area contributed by atoms with Crippen molar-refractivity contribution in [2.75, 3.05) is 5.32 Å². The summed E-state index contributed by atoms with van der Waals surface area (Å²) in [6.07, 6.45) is 0.927. The Hall–Kier alpha value is -2.00.